The molecule has 0 spiro atoms. The van der Waals surface area contributed by atoms with Crippen LogP contribution in [0.25, 0.3) is 11.4 Å². The number of aromatic nitrogens is 3. The number of halogens is 1. The van der Waals surface area contributed by atoms with Crippen LogP contribution in [0.15, 0.2) is 57.8 Å². The summed E-state index contributed by atoms with van der Waals surface area (Å²) in [6.45, 7) is 1.44. The topological polar surface area (TPSA) is 87.3 Å². The van der Waals surface area contributed by atoms with Crippen LogP contribution >= 0.6 is 15.9 Å². The van der Waals surface area contributed by atoms with Crippen molar-refractivity contribution in [2.75, 3.05) is 6.61 Å². The van der Waals surface area contributed by atoms with Crippen molar-refractivity contribution in [2.24, 2.45) is 0 Å². The summed E-state index contributed by atoms with van der Waals surface area (Å²) in [6, 6.07) is 10.7. The van der Waals surface area contributed by atoms with Gasteiger partial charge < -0.3 is 14.0 Å². The Hall–Kier alpha value is -2.74. The van der Waals surface area contributed by atoms with Crippen molar-refractivity contribution in [1.29, 1.82) is 0 Å². The highest BCUT2D eigenvalue weighted by atomic mass is 79.9. The van der Waals surface area contributed by atoms with Gasteiger partial charge in [0.15, 0.2) is 12.7 Å². The van der Waals surface area contributed by atoms with Gasteiger partial charge in [-0.25, -0.2) is 4.79 Å². The average Bonchev–Trinajstić information content (AvgIpc) is 3.12. The number of benzene rings is 1. The molecule has 1 aromatic carbocycles. The van der Waals surface area contributed by atoms with E-state index in [0.29, 0.717) is 11.6 Å². The molecule has 128 valence electrons. The standard InChI is InChI=1S/C17H14BrN3O4/c1-11(17-20-16(21-25-17)12-3-2-8-19-9-12)24-15(22)10-23-14-6-4-13(18)5-7-14/h2-9,11H,10H2,1H3. The van der Waals surface area contributed by atoms with Gasteiger partial charge in [0.1, 0.15) is 5.75 Å². The lowest BCUT2D eigenvalue weighted by atomic mass is 10.3. The van der Waals surface area contributed by atoms with E-state index in [9.17, 15) is 4.79 Å². The summed E-state index contributed by atoms with van der Waals surface area (Å²) in [5, 5.41) is 3.86. The predicted molar refractivity (Wildman–Crippen MR) is 91.7 cm³/mol. The Balaban J connectivity index is 1.55. The molecule has 3 aromatic rings. The molecule has 0 saturated carbocycles. The summed E-state index contributed by atoms with van der Waals surface area (Å²) in [6.07, 6.45) is 2.59. The molecule has 3 rings (SSSR count). The molecule has 0 fully saturated rings. The Kier molecular flexibility index (Phi) is 5.39. The van der Waals surface area contributed by atoms with E-state index in [1.54, 1.807) is 37.5 Å². The van der Waals surface area contributed by atoms with Gasteiger partial charge in [0.2, 0.25) is 5.82 Å². The minimum Gasteiger partial charge on any atom is -0.482 e. The van der Waals surface area contributed by atoms with Gasteiger partial charge in [-0.2, -0.15) is 4.98 Å². The zero-order chi connectivity index (χ0) is 17.6. The molecule has 0 radical (unpaired) electrons. The zero-order valence-electron chi connectivity index (χ0n) is 13.3. The fraction of sp³-hybridized carbons (Fsp3) is 0.176. The Labute approximate surface area is 152 Å². The number of pyridine rings is 1. The molecule has 7 nitrogen and oxygen atoms in total. The zero-order valence-corrected chi connectivity index (χ0v) is 14.8. The summed E-state index contributed by atoms with van der Waals surface area (Å²) < 4.78 is 16.7. The van der Waals surface area contributed by atoms with Crippen molar-refractivity contribution in [1.82, 2.24) is 15.1 Å². The first-order valence-electron chi connectivity index (χ1n) is 7.43. The van der Waals surface area contributed by atoms with Crippen LogP contribution in [0.5, 0.6) is 5.75 Å². The Morgan fingerprint density at radius 3 is 2.80 bits per heavy atom. The first-order chi connectivity index (χ1) is 12.1. The van der Waals surface area contributed by atoms with Gasteiger partial charge in [0, 0.05) is 22.4 Å². The van der Waals surface area contributed by atoms with E-state index in [4.69, 9.17) is 14.0 Å². The summed E-state index contributed by atoms with van der Waals surface area (Å²) in [5.41, 5.74) is 0.717. The third kappa shape index (κ3) is 4.63. The highest BCUT2D eigenvalue weighted by molar-refractivity contribution is 9.10. The predicted octanol–water partition coefficient (Wildman–Crippen LogP) is 3.58. The van der Waals surface area contributed by atoms with Crippen molar-refractivity contribution in [2.45, 2.75) is 13.0 Å². The second-order valence-corrected chi connectivity index (χ2v) is 5.99. The second kappa shape index (κ2) is 7.89. The van der Waals surface area contributed by atoms with Crippen LogP contribution in [0, 0.1) is 0 Å². The number of esters is 1. The maximum Gasteiger partial charge on any atom is 0.344 e. The largest absolute Gasteiger partial charge is 0.482 e. The maximum atomic E-state index is 11.9. The van der Waals surface area contributed by atoms with E-state index in [1.165, 1.54) is 0 Å². The van der Waals surface area contributed by atoms with E-state index in [2.05, 4.69) is 31.1 Å². The van der Waals surface area contributed by atoms with Crippen molar-refractivity contribution >= 4 is 21.9 Å². The number of ether oxygens (including phenoxy) is 2. The number of rotatable bonds is 6. The molecule has 0 aliphatic carbocycles. The van der Waals surface area contributed by atoms with Crippen LogP contribution in [-0.4, -0.2) is 27.7 Å². The summed E-state index contributed by atoms with van der Waals surface area (Å²) in [5.74, 6) is 0.633. The Bertz CT molecular complexity index is 837. The summed E-state index contributed by atoms with van der Waals surface area (Å²) in [4.78, 5) is 20.1. The maximum absolute atomic E-state index is 11.9. The molecular weight excluding hydrogens is 390 g/mol. The van der Waals surface area contributed by atoms with Crippen LogP contribution in [0.4, 0.5) is 0 Å². The minimum absolute atomic E-state index is 0.204. The van der Waals surface area contributed by atoms with Crippen molar-refractivity contribution in [3.63, 3.8) is 0 Å². The molecule has 0 N–H and O–H groups in total. The molecule has 2 aromatic heterocycles. The van der Waals surface area contributed by atoms with E-state index < -0.39 is 12.1 Å². The number of carbonyl (C=O) groups is 1. The lowest BCUT2D eigenvalue weighted by molar-refractivity contribution is -0.152. The number of nitrogens with zero attached hydrogens (tertiary/aromatic N) is 3. The summed E-state index contributed by atoms with van der Waals surface area (Å²) in [7, 11) is 0. The van der Waals surface area contributed by atoms with Crippen LogP contribution in [0.3, 0.4) is 0 Å². The van der Waals surface area contributed by atoms with Crippen LogP contribution in [-0.2, 0) is 9.53 Å². The van der Waals surface area contributed by atoms with Crippen molar-refractivity contribution in [3.8, 4) is 17.1 Å². The fourth-order valence-corrected chi connectivity index (χ4v) is 2.23. The van der Waals surface area contributed by atoms with Crippen molar-refractivity contribution in [3.05, 3.63) is 59.2 Å². The van der Waals surface area contributed by atoms with E-state index in [0.717, 1.165) is 10.0 Å². The lowest BCUT2D eigenvalue weighted by Crippen LogP contribution is -2.17. The molecule has 0 saturated heterocycles. The molecule has 2 heterocycles. The van der Waals surface area contributed by atoms with E-state index in [1.807, 2.05) is 18.2 Å². The number of hydrogen-bond acceptors (Lipinski definition) is 7. The highest BCUT2D eigenvalue weighted by Gasteiger charge is 2.19. The fourth-order valence-electron chi connectivity index (χ4n) is 1.97. The third-order valence-corrected chi connectivity index (χ3v) is 3.72. The average molecular weight is 404 g/mol. The smallest absolute Gasteiger partial charge is 0.344 e. The Morgan fingerprint density at radius 1 is 1.28 bits per heavy atom. The normalized spacial score (nSPS) is 11.8. The monoisotopic (exact) mass is 403 g/mol. The van der Waals surface area contributed by atoms with Crippen LogP contribution < -0.4 is 4.74 Å². The molecule has 0 amide bonds. The Morgan fingerprint density at radius 2 is 2.08 bits per heavy atom. The van der Waals surface area contributed by atoms with E-state index in [-0.39, 0.29) is 12.5 Å². The SMILES string of the molecule is CC(OC(=O)COc1ccc(Br)cc1)c1nc(-c2cccnc2)no1. The van der Waals surface area contributed by atoms with Gasteiger partial charge in [0.05, 0.1) is 0 Å². The molecule has 8 heteroatoms. The van der Waals surface area contributed by atoms with Gasteiger partial charge >= 0.3 is 5.97 Å². The molecule has 0 aliphatic rings. The molecule has 0 aliphatic heterocycles. The summed E-state index contributed by atoms with van der Waals surface area (Å²) >= 11 is 3.33. The first kappa shape index (κ1) is 17.1. The molecule has 25 heavy (non-hydrogen) atoms. The minimum atomic E-state index is -0.682. The molecule has 1 unspecified atom stereocenters. The van der Waals surface area contributed by atoms with Crippen LogP contribution in [0.2, 0.25) is 0 Å². The third-order valence-electron chi connectivity index (χ3n) is 3.19. The molecular formula is C17H14BrN3O4. The highest BCUT2D eigenvalue weighted by Crippen LogP contribution is 2.20. The molecule has 0 bridgehead atoms. The van der Waals surface area contributed by atoms with Gasteiger partial charge in [-0.3, -0.25) is 4.98 Å². The second-order valence-electron chi connectivity index (χ2n) is 5.07. The van der Waals surface area contributed by atoms with Gasteiger partial charge in [-0.1, -0.05) is 21.1 Å². The van der Waals surface area contributed by atoms with Gasteiger partial charge in [0.25, 0.3) is 5.89 Å². The quantitative estimate of drug-likeness (QED) is 0.581. The lowest BCUT2D eigenvalue weighted by Gasteiger charge is -2.10. The van der Waals surface area contributed by atoms with E-state index >= 15 is 0 Å². The molecule has 1 atom stereocenters. The van der Waals surface area contributed by atoms with Gasteiger partial charge in [-0.05, 0) is 43.3 Å². The van der Waals surface area contributed by atoms with Crippen LogP contribution in [0.1, 0.15) is 18.9 Å². The number of hydrogen-bond donors (Lipinski definition) is 0. The van der Waals surface area contributed by atoms with Gasteiger partial charge in [-0.15, -0.1) is 0 Å². The first-order valence-corrected chi connectivity index (χ1v) is 8.23. The van der Waals surface area contributed by atoms with Crippen molar-refractivity contribution < 1.29 is 18.8 Å². The number of carbonyl (C=O) groups excluding carboxylic acids is 1.